The highest BCUT2D eigenvalue weighted by atomic mass is 16.5. The van der Waals surface area contributed by atoms with Crippen molar-refractivity contribution in [2.24, 2.45) is 0 Å². The lowest BCUT2D eigenvalue weighted by atomic mass is 9.78. The van der Waals surface area contributed by atoms with Gasteiger partial charge in [0, 0.05) is 23.6 Å². The van der Waals surface area contributed by atoms with E-state index >= 15 is 0 Å². The molecule has 2 aliphatic rings. The lowest BCUT2D eigenvalue weighted by molar-refractivity contribution is -0.141. The van der Waals surface area contributed by atoms with Crippen molar-refractivity contribution in [1.29, 1.82) is 0 Å². The normalized spacial score (nSPS) is 23.6. The van der Waals surface area contributed by atoms with E-state index in [1.165, 1.54) is 5.56 Å². The van der Waals surface area contributed by atoms with Crippen molar-refractivity contribution in [2.75, 3.05) is 0 Å². The molecule has 0 amide bonds. The van der Waals surface area contributed by atoms with Gasteiger partial charge in [0.15, 0.2) is 5.72 Å². The SMILES string of the molecule is CC1=C(C(=O)OCc2ccc(C)cc2)[C@@H]2C[C@](C)(N1)Oc1ccccc12. The van der Waals surface area contributed by atoms with Crippen LogP contribution in [0.2, 0.25) is 0 Å². The molecule has 0 unspecified atom stereocenters. The van der Waals surface area contributed by atoms with E-state index in [9.17, 15) is 4.79 Å². The van der Waals surface area contributed by atoms with Gasteiger partial charge >= 0.3 is 5.97 Å². The zero-order chi connectivity index (χ0) is 18.3. The van der Waals surface area contributed by atoms with E-state index in [2.05, 4.69) is 5.32 Å². The Kier molecular flexibility index (Phi) is 3.98. The van der Waals surface area contributed by atoms with E-state index in [0.717, 1.165) is 22.6 Å². The summed E-state index contributed by atoms with van der Waals surface area (Å²) in [5, 5.41) is 3.36. The maximum atomic E-state index is 12.9. The summed E-state index contributed by atoms with van der Waals surface area (Å²) in [6.45, 7) is 6.26. The number of fused-ring (bicyclic) bond motifs is 4. The van der Waals surface area contributed by atoms with E-state index in [-0.39, 0.29) is 18.5 Å². The Hall–Kier alpha value is -2.75. The minimum atomic E-state index is -0.496. The standard InChI is InChI=1S/C22H23NO3/c1-14-8-10-16(11-9-14)13-25-21(24)20-15(2)23-22(3)12-18(20)17-6-4-5-7-19(17)26-22/h4-11,18,23H,12-13H2,1-3H3/t18-,22-/m1/s1. The van der Waals surface area contributed by atoms with Gasteiger partial charge in [-0.2, -0.15) is 0 Å². The molecule has 0 radical (unpaired) electrons. The van der Waals surface area contributed by atoms with Gasteiger partial charge in [-0.15, -0.1) is 0 Å². The van der Waals surface area contributed by atoms with Crippen LogP contribution in [0.4, 0.5) is 0 Å². The van der Waals surface area contributed by atoms with Crippen LogP contribution in [0.1, 0.15) is 42.9 Å². The number of ether oxygens (including phenoxy) is 2. The monoisotopic (exact) mass is 349 g/mol. The first kappa shape index (κ1) is 16.7. The highest BCUT2D eigenvalue weighted by Gasteiger charge is 2.45. The Morgan fingerprint density at radius 3 is 2.69 bits per heavy atom. The van der Waals surface area contributed by atoms with E-state index in [1.807, 2.05) is 69.3 Å². The molecule has 0 spiro atoms. The van der Waals surface area contributed by atoms with Crippen molar-refractivity contribution in [2.45, 2.75) is 45.4 Å². The van der Waals surface area contributed by atoms with Crippen molar-refractivity contribution in [1.82, 2.24) is 5.32 Å². The highest BCUT2D eigenvalue weighted by Crippen LogP contribution is 2.47. The number of carbonyl (C=O) groups excluding carboxylic acids is 1. The second-order valence-corrected chi connectivity index (χ2v) is 7.35. The quantitative estimate of drug-likeness (QED) is 0.844. The molecule has 0 saturated carbocycles. The van der Waals surface area contributed by atoms with Gasteiger partial charge in [0.05, 0.1) is 5.57 Å². The second kappa shape index (κ2) is 6.20. The fourth-order valence-corrected chi connectivity index (χ4v) is 3.91. The van der Waals surface area contributed by atoms with Gasteiger partial charge in [0.1, 0.15) is 12.4 Å². The third-order valence-electron chi connectivity index (χ3n) is 5.14. The van der Waals surface area contributed by atoms with Gasteiger partial charge in [-0.05, 0) is 32.4 Å². The summed E-state index contributed by atoms with van der Waals surface area (Å²) < 4.78 is 11.8. The van der Waals surface area contributed by atoms with Crippen LogP contribution in [0.15, 0.2) is 59.8 Å². The minimum absolute atomic E-state index is 0.0169. The maximum absolute atomic E-state index is 12.9. The highest BCUT2D eigenvalue weighted by molar-refractivity contribution is 5.91. The zero-order valence-electron chi connectivity index (χ0n) is 15.3. The van der Waals surface area contributed by atoms with Gasteiger partial charge in [-0.25, -0.2) is 4.79 Å². The first-order valence-electron chi connectivity index (χ1n) is 8.95. The summed E-state index contributed by atoms with van der Waals surface area (Å²) >= 11 is 0. The van der Waals surface area contributed by atoms with E-state index in [4.69, 9.17) is 9.47 Å². The topological polar surface area (TPSA) is 47.6 Å². The Bertz CT molecular complexity index is 885. The molecule has 26 heavy (non-hydrogen) atoms. The van der Waals surface area contributed by atoms with Crippen molar-refractivity contribution >= 4 is 5.97 Å². The fourth-order valence-electron chi connectivity index (χ4n) is 3.91. The molecule has 2 aromatic rings. The molecule has 1 N–H and O–H groups in total. The lowest BCUT2D eigenvalue weighted by Gasteiger charge is -2.45. The van der Waals surface area contributed by atoms with E-state index < -0.39 is 5.72 Å². The van der Waals surface area contributed by atoms with Crippen molar-refractivity contribution in [3.05, 3.63) is 76.5 Å². The van der Waals surface area contributed by atoms with Crippen LogP contribution >= 0.6 is 0 Å². The molecule has 2 aliphatic heterocycles. The number of esters is 1. The van der Waals surface area contributed by atoms with Gasteiger partial charge < -0.3 is 14.8 Å². The summed E-state index contributed by atoms with van der Waals surface area (Å²) in [6.07, 6.45) is 0.705. The van der Waals surface area contributed by atoms with Crippen LogP contribution in [-0.2, 0) is 16.1 Å². The van der Waals surface area contributed by atoms with Gasteiger partial charge in [0.2, 0.25) is 0 Å². The van der Waals surface area contributed by atoms with Crippen LogP contribution < -0.4 is 10.1 Å². The largest absolute Gasteiger partial charge is 0.468 e. The van der Waals surface area contributed by atoms with Gasteiger partial charge in [0.25, 0.3) is 0 Å². The summed E-state index contributed by atoms with van der Waals surface area (Å²) in [5.74, 6) is 0.547. The third-order valence-corrected chi connectivity index (χ3v) is 5.14. The molecule has 134 valence electrons. The predicted octanol–water partition coefficient (Wildman–Crippen LogP) is 4.20. The lowest BCUT2D eigenvalue weighted by Crippen LogP contribution is -2.54. The van der Waals surface area contributed by atoms with Crippen molar-refractivity contribution in [3.63, 3.8) is 0 Å². The Morgan fingerprint density at radius 1 is 1.19 bits per heavy atom. The molecule has 2 atom stereocenters. The second-order valence-electron chi connectivity index (χ2n) is 7.35. The van der Waals surface area contributed by atoms with Crippen LogP contribution in [-0.4, -0.2) is 11.7 Å². The minimum Gasteiger partial charge on any atom is -0.468 e. The molecule has 2 aromatic carbocycles. The van der Waals surface area contributed by atoms with Crippen molar-refractivity contribution < 1.29 is 14.3 Å². The summed E-state index contributed by atoms with van der Waals surface area (Å²) in [6, 6.07) is 16.0. The van der Waals surface area contributed by atoms with Crippen LogP contribution in [0.5, 0.6) is 5.75 Å². The van der Waals surface area contributed by atoms with E-state index in [1.54, 1.807) is 0 Å². The Labute approximate surface area is 153 Å². The first-order valence-corrected chi connectivity index (χ1v) is 8.95. The molecule has 0 aromatic heterocycles. The van der Waals surface area contributed by atoms with Crippen molar-refractivity contribution in [3.8, 4) is 5.75 Å². The molecule has 2 bridgehead atoms. The average Bonchev–Trinajstić information content (AvgIpc) is 2.60. The van der Waals surface area contributed by atoms with Gasteiger partial charge in [-0.3, -0.25) is 0 Å². The number of benzene rings is 2. The van der Waals surface area contributed by atoms with E-state index in [0.29, 0.717) is 12.0 Å². The maximum Gasteiger partial charge on any atom is 0.336 e. The number of nitrogens with one attached hydrogen (secondary N) is 1. The number of rotatable bonds is 3. The average molecular weight is 349 g/mol. The molecule has 0 aliphatic carbocycles. The number of allylic oxidation sites excluding steroid dienone is 1. The van der Waals surface area contributed by atoms with Crippen LogP contribution in [0.25, 0.3) is 0 Å². The fraction of sp³-hybridized carbons (Fsp3) is 0.318. The third kappa shape index (κ3) is 2.96. The van der Waals surface area contributed by atoms with Crippen LogP contribution in [0.3, 0.4) is 0 Å². The number of hydrogen-bond donors (Lipinski definition) is 1. The molecule has 4 heteroatoms. The summed E-state index contributed by atoms with van der Waals surface area (Å²) in [7, 11) is 0. The number of hydrogen-bond acceptors (Lipinski definition) is 4. The summed E-state index contributed by atoms with van der Waals surface area (Å²) in [5.41, 5.74) is 4.26. The smallest absolute Gasteiger partial charge is 0.336 e. The number of aryl methyl sites for hydroxylation is 1. The Balaban J connectivity index is 1.60. The molecule has 4 rings (SSSR count). The number of para-hydroxylation sites is 1. The molecular weight excluding hydrogens is 326 g/mol. The molecule has 2 heterocycles. The molecular formula is C22H23NO3. The summed E-state index contributed by atoms with van der Waals surface area (Å²) in [4.78, 5) is 12.9. The zero-order valence-corrected chi connectivity index (χ0v) is 15.3. The molecule has 0 saturated heterocycles. The van der Waals surface area contributed by atoms with Gasteiger partial charge in [-0.1, -0.05) is 48.0 Å². The molecule has 0 fully saturated rings. The number of carbonyl (C=O) groups is 1. The Morgan fingerprint density at radius 2 is 1.92 bits per heavy atom. The first-order chi connectivity index (χ1) is 12.5. The molecule has 4 nitrogen and oxygen atoms in total. The predicted molar refractivity (Wildman–Crippen MR) is 99.6 cm³/mol. The van der Waals surface area contributed by atoms with Crippen LogP contribution in [0, 0.1) is 6.92 Å².